The molecule has 0 saturated carbocycles. The predicted octanol–water partition coefficient (Wildman–Crippen LogP) is 4.41. The third-order valence-corrected chi connectivity index (χ3v) is 3.02. The van der Waals surface area contributed by atoms with Crippen molar-refractivity contribution in [3.63, 3.8) is 0 Å². The number of rotatable bonds is 2. The zero-order chi connectivity index (χ0) is 14.8. The van der Waals surface area contributed by atoms with Gasteiger partial charge in [-0.1, -0.05) is 41.9 Å². The van der Waals surface area contributed by atoms with Crippen LogP contribution >= 0.6 is 11.6 Å². The molecule has 1 heterocycles. The Morgan fingerprint density at radius 3 is 2.25 bits per heavy atom. The molecule has 0 N–H and O–H groups in total. The van der Waals surface area contributed by atoms with Crippen molar-refractivity contribution >= 4 is 11.6 Å². The largest absolute Gasteiger partial charge is 0.419 e. The van der Waals surface area contributed by atoms with Gasteiger partial charge in [0.05, 0.1) is 17.3 Å². The van der Waals surface area contributed by atoms with Crippen molar-refractivity contribution in [1.82, 2.24) is 4.98 Å². The second-order valence-corrected chi connectivity index (χ2v) is 4.40. The van der Waals surface area contributed by atoms with E-state index in [0.717, 1.165) is 6.07 Å². The van der Waals surface area contributed by atoms with Crippen LogP contribution in [0.4, 0.5) is 13.2 Å². The van der Waals surface area contributed by atoms with Gasteiger partial charge >= 0.3 is 6.18 Å². The van der Waals surface area contributed by atoms with E-state index in [4.69, 9.17) is 11.6 Å². The Morgan fingerprint density at radius 2 is 1.75 bits per heavy atom. The molecule has 0 aliphatic carbocycles. The maximum Gasteiger partial charge on any atom is 0.419 e. The van der Waals surface area contributed by atoms with E-state index in [2.05, 4.69) is 4.98 Å². The number of aromatic nitrogens is 1. The van der Waals surface area contributed by atoms with Crippen LogP contribution in [-0.2, 0) is 6.18 Å². The first-order chi connectivity index (χ1) is 9.43. The summed E-state index contributed by atoms with van der Waals surface area (Å²) in [7, 11) is 0. The lowest BCUT2D eigenvalue weighted by molar-refractivity contribution is -0.137. The van der Waals surface area contributed by atoms with Crippen molar-refractivity contribution in [2.24, 2.45) is 0 Å². The van der Waals surface area contributed by atoms with Crippen LogP contribution in [-0.4, -0.2) is 4.98 Å². The average Bonchev–Trinajstić information content (AvgIpc) is 2.39. The Morgan fingerprint density at radius 1 is 1.10 bits per heavy atom. The van der Waals surface area contributed by atoms with Crippen LogP contribution in [0.1, 0.15) is 22.7 Å². The minimum Gasteiger partial charge on any atom is -0.239 e. The summed E-state index contributed by atoms with van der Waals surface area (Å²) in [6, 6.07) is 12.7. The summed E-state index contributed by atoms with van der Waals surface area (Å²) in [6.45, 7) is 0. The SMILES string of the molecule is N#C[C@H](c1ccccc1)c1ccc(C(F)(F)F)c(Cl)n1. The lowest BCUT2D eigenvalue weighted by Gasteiger charge is -2.12. The first-order valence-electron chi connectivity index (χ1n) is 5.61. The Labute approximate surface area is 118 Å². The Hall–Kier alpha value is -2.06. The summed E-state index contributed by atoms with van der Waals surface area (Å²) in [5, 5.41) is 8.55. The number of alkyl halides is 3. The van der Waals surface area contributed by atoms with E-state index in [0.29, 0.717) is 5.56 Å². The number of halogens is 4. The van der Waals surface area contributed by atoms with Gasteiger partial charge in [-0.05, 0) is 17.7 Å². The summed E-state index contributed by atoms with van der Waals surface area (Å²) in [4.78, 5) is 3.71. The number of hydrogen-bond donors (Lipinski definition) is 0. The fourth-order valence-electron chi connectivity index (χ4n) is 1.78. The van der Waals surface area contributed by atoms with E-state index in [9.17, 15) is 18.4 Å². The summed E-state index contributed by atoms with van der Waals surface area (Å²) >= 11 is 5.56. The van der Waals surface area contributed by atoms with Gasteiger partial charge in [0, 0.05) is 0 Å². The molecular formula is C14H8ClF3N2. The van der Waals surface area contributed by atoms with E-state index < -0.39 is 22.8 Å². The van der Waals surface area contributed by atoms with Gasteiger partial charge in [0.1, 0.15) is 11.1 Å². The van der Waals surface area contributed by atoms with Gasteiger partial charge in [0.2, 0.25) is 0 Å². The van der Waals surface area contributed by atoms with Crippen molar-refractivity contribution < 1.29 is 13.2 Å². The van der Waals surface area contributed by atoms with Crippen molar-refractivity contribution in [2.45, 2.75) is 12.1 Å². The fraction of sp³-hybridized carbons (Fsp3) is 0.143. The zero-order valence-electron chi connectivity index (χ0n) is 10.0. The van der Waals surface area contributed by atoms with Crippen LogP contribution in [0.5, 0.6) is 0 Å². The normalized spacial score (nSPS) is 12.8. The predicted molar refractivity (Wildman–Crippen MR) is 68.1 cm³/mol. The Kier molecular flexibility index (Phi) is 3.96. The maximum absolute atomic E-state index is 12.6. The number of pyridine rings is 1. The van der Waals surface area contributed by atoms with Crippen LogP contribution in [0.2, 0.25) is 5.15 Å². The van der Waals surface area contributed by atoms with E-state index in [1.165, 1.54) is 6.07 Å². The number of hydrogen-bond acceptors (Lipinski definition) is 2. The molecule has 0 radical (unpaired) electrons. The van der Waals surface area contributed by atoms with Gasteiger partial charge in [-0.3, -0.25) is 0 Å². The van der Waals surface area contributed by atoms with Crippen LogP contribution in [0.15, 0.2) is 42.5 Å². The summed E-state index contributed by atoms with van der Waals surface area (Å²) in [5.41, 5.74) is -0.164. The smallest absolute Gasteiger partial charge is 0.239 e. The first-order valence-corrected chi connectivity index (χ1v) is 5.99. The summed E-state index contributed by atoms with van der Waals surface area (Å²) in [6.07, 6.45) is -4.56. The molecule has 0 spiro atoms. The standard InChI is InChI=1S/C14H8ClF3N2/c15-13-11(14(16,17)18)6-7-12(20-13)10(8-19)9-4-2-1-3-5-9/h1-7,10H/t10-/m1/s1. The molecule has 0 unspecified atom stereocenters. The van der Waals surface area contributed by atoms with Crippen molar-refractivity contribution in [3.8, 4) is 6.07 Å². The molecule has 0 aliphatic heterocycles. The molecule has 1 aromatic heterocycles. The molecule has 0 saturated heterocycles. The molecule has 20 heavy (non-hydrogen) atoms. The third-order valence-electron chi connectivity index (χ3n) is 2.73. The molecule has 2 rings (SSSR count). The maximum atomic E-state index is 12.6. The van der Waals surface area contributed by atoms with E-state index in [1.54, 1.807) is 30.3 Å². The highest BCUT2D eigenvalue weighted by atomic mass is 35.5. The minimum atomic E-state index is -4.56. The van der Waals surface area contributed by atoms with Crippen molar-refractivity contribution in [2.75, 3.05) is 0 Å². The van der Waals surface area contributed by atoms with Gasteiger partial charge in [-0.15, -0.1) is 0 Å². The number of nitrogens with zero attached hydrogens (tertiary/aromatic N) is 2. The highest BCUT2D eigenvalue weighted by Gasteiger charge is 2.34. The lowest BCUT2D eigenvalue weighted by Crippen LogP contribution is -2.09. The van der Waals surface area contributed by atoms with Crippen LogP contribution < -0.4 is 0 Å². The first kappa shape index (κ1) is 14.4. The average molecular weight is 297 g/mol. The number of nitriles is 1. The number of benzene rings is 1. The van der Waals surface area contributed by atoms with E-state index in [-0.39, 0.29) is 5.69 Å². The quantitative estimate of drug-likeness (QED) is 0.770. The molecule has 1 aromatic carbocycles. The van der Waals surface area contributed by atoms with Crippen molar-refractivity contribution in [1.29, 1.82) is 5.26 Å². The molecule has 0 bridgehead atoms. The molecule has 0 aliphatic rings. The highest BCUT2D eigenvalue weighted by molar-refractivity contribution is 6.30. The summed E-state index contributed by atoms with van der Waals surface area (Å²) in [5.74, 6) is -0.754. The highest BCUT2D eigenvalue weighted by Crippen LogP contribution is 2.35. The molecular weight excluding hydrogens is 289 g/mol. The lowest BCUT2D eigenvalue weighted by atomic mass is 9.96. The zero-order valence-corrected chi connectivity index (χ0v) is 10.8. The second kappa shape index (κ2) is 5.51. The fourth-order valence-corrected chi connectivity index (χ4v) is 2.05. The molecule has 0 fully saturated rings. The van der Waals surface area contributed by atoms with Gasteiger partial charge in [-0.2, -0.15) is 18.4 Å². The van der Waals surface area contributed by atoms with Crippen molar-refractivity contribution in [3.05, 3.63) is 64.4 Å². The Balaban J connectivity index is 2.44. The van der Waals surface area contributed by atoms with Gasteiger partial charge in [0.15, 0.2) is 0 Å². The molecule has 6 heteroatoms. The molecule has 2 nitrogen and oxygen atoms in total. The molecule has 2 aromatic rings. The van der Waals surface area contributed by atoms with Crippen LogP contribution in [0, 0.1) is 11.3 Å². The second-order valence-electron chi connectivity index (χ2n) is 4.05. The minimum absolute atomic E-state index is 0.191. The van der Waals surface area contributed by atoms with Gasteiger partial charge in [0.25, 0.3) is 0 Å². The van der Waals surface area contributed by atoms with E-state index in [1.807, 2.05) is 6.07 Å². The topological polar surface area (TPSA) is 36.7 Å². The molecule has 0 amide bonds. The van der Waals surface area contributed by atoms with Crippen LogP contribution in [0.25, 0.3) is 0 Å². The van der Waals surface area contributed by atoms with E-state index >= 15 is 0 Å². The Bertz CT molecular complexity index is 648. The monoisotopic (exact) mass is 296 g/mol. The van der Waals surface area contributed by atoms with Crippen LogP contribution in [0.3, 0.4) is 0 Å². The third kappa shape index (κ3) is 2.91. The van der Waals surface area contributed by atoms with Gasteiger partial charge in [-0.25, -0.2) is 4.98 Å². The molecule has 1 atom stereocenters. The summed E-state index contributed by atoms with van der Waals surface area (Å²) < 4.78 is 37.8. The molecule has 102 valence electrons. The van der Waals surface area contributed by atoms with Gasteiger partial charge < -0.3 is 0 Å².